The average Bonchev–Trinajstić information content (AvgIpc) is 3.21. The Morgan fingerprint density at radius 1 is 1.17 bits per heavy atom. The molecule has 1 heterocycles. The van der Waals surface area contributed by atoms with Crippen molar-refractivity contribution in [2.24, 2.45) is 0 Å². The van der Waals surface area contributed by atoms with E-state index in [1.807, 2.05) is 24.3 Å². The van der Waals surface area contributed by atoms with Gasteiger partial charge in [-0.3, -0.25) is 14.6 Å². The molecular formula is C20H23N5O4S. The smallest absolute Gasteiger partial charge is 0.251 e. The van der Waals surface area contributed by atoms with E-state index in [-0.39, 0.29) is 18.2 Å². The van der Waals surface area contributed by atoms with E-state index in [1.54, 1.807) is 32.2 Å². The summed E-state index contributed by atoms with van der Waals surface area (Å²) in [6.45, 7) is 1.93. The highest BCUT2D eigenvalue weighted by Gasteiger charge is 2.12. The number of hydrogen-bond donors (Lipinski definition) is 3. The van der Waals surface area contributed by atoms with E-state index in [1.165, 1.54) is 6.07 Å². The molecule has 158 valence electrons. The van der Waals surface area contributed by atoms with Gasteiger partial charge in [-0.15, -0.1) is 0 Å². The first-order chi connectivity index (χ1) is 14.4. The van der Waals surface area contributed by atoms with E-state index in [0.29, 0.717) is 29.3 Å². The largest absolute Gasteiger partial charge is 0.497 e. The molecule has 10 heteroatoms. The maximum absolute atomic E-state index is 12.4. The molecule has 0 unspecified atom stereocenters. The minimum absolute atomic E-state index is 0.0193. The number of carbonyl (C=O) groups is 1. The minimum Gasteiger partial charge on any atom is -0.497 e. The fraction of sp³-hybridized carbons (Fsp3) is 0.250. The molecule has 0 aliphatic heterocycles. The number of anilines is 1. The van der Waals surface area contributed by atoms with E-state index in [9.17, 15) is 13.2 Å². The van der Waals surface area contributed by atoms with E-state index >= 15 is 0 Å². The highest BCUT2D eigenvalue weighted by atomic mass is 32.2. The van der Waals surface area contributed by atoms with Gasteiger partial charge in [0.2, 0.25) is 10.0 Å². The second kappa shape index (κ2) is 9.40. The lowest BCUT2D eigenvalue weighted by molar-refractivity contribution is 0.0950. The number of aromatic nitrogens is 3. The van der Waals surface area contributed by atoms with E-state index in [0.717, 1.165) is 11.3 Å². The van der Waals surface area contributed by atoms with Crippen LogP contribution in [-0.2, 0) is 16.6 Å². The number of benzene rings is 2. The molecule has 9 nitrogen and oxygen atoms in total. The number of rotatable bonds is 9. The van der Waals surface area contributed by atoms with E-state index in [4.69, 9.17) is 4.74 Å². The molecule has 0 saturated heterocycles. The zero-order valence-corrected chi connectivity index (χ0v) is 17.5. The molecule has 0 radical (unpaired) electrons. The topological polar surface area (TPSA) is 126 Å². The maximum atomic E-state index is 12.4. The van der Waals surface area contributed by atoms with Crippen molar-refractivity contribution in [1.82, 2.24) is 20.5 Å². The maximum Gasteiger partial charge on any atom is 0.251 e. The van der Waals surface area contributed by atoms with Gasteiger partial charge >= 0.3 is 0 Å². The van der Waals surface area contributed by atoms with Gasteiger partial charge in [0.05, 0.1) is 19.4 Å². The number of aromatic amines is 1. The first-order valence-electron chi connectivity index (χ1n) is 9.34. The second-order valence-electron chi connectivity index (χ2n) is 6.52. The summed E-state index contributed by atoms with van der Waals surface area (Å²) in [5.41, 5.74) is 1.50. The Bertz CT molecular complexity index is 1110. The Morgan fingerprint density at radius 3 is 2.63 bits per heavy atom. The van der Waals surface area contributed by atoms with Gasteiger partial charge in [0.15, 0.2) is 5.82 Å². The predicted octanol–water partition coefficient (Wildman–Crippen LogP) is 2.56. The third kappa shape index (κ3) is 5.57. The van der Waals surface area contributed by atoms with Crippen LogP contribution in [0.25, 0.3) is 11.4 Å². The number of ether oxygens (including phenoxy) is 1. The standard InChI is InChI=1S/C20H23N5O4S/c1-3-11-30(27,28)25-16-6-4-5-15(12-16)20(26)21-13-18-22-19(24-23-18)14-7-9-17(29-2)10-8-14/h4-10,12,25H,3,11,13H2,1-2H3,(H,21,26)(H,22,23,24). The van der Waals surface area contributed by atoms with E-state index in [2.05, 4.69) is 25.2 Å². The van der Waals surface area contributed by atoms with Gasteiger partial charge in [-0.25, -0.2) is 13.4 Å². The highest BCUT2D eigenvalue weighted by molar-refractivity contribution is 7.92. The molecule has 0 saturated carbocycles. The monoisotopic (exact) mass is 429 g/mol. The van der Waals surface area contributed by atoms with Gasteiger partial charge in [0.25, 0.3) is 5.91 Å². The molecule has 30 heavy (non-hydrogen) atoms. The van der Waals surface area contributed by atoms with Crippen LogP contribution in [0, 0.1) is 0 Å². The fourth-order valence-electron chi connectivity index (χ4n) is 2.73. The quantitative estimate of drug-likeness (QED) is 0.480. The van der Waals surface area contributed by atoms with Crippen molar-refractivity contribution in [3.05, 3.63) is 59.9 Å². The SMILES string of the molecule is CCCS(=O)(=O)Nc1cccc(C(=O)NCc2nc(-c3ccc(OC)cc3)n[nH]2)c1. The summed E-state index contributed by atoms with van der Waals surface area (Å²) in [7, 11) is -1.83. The molecule has 3 aromatic rings. The Balaban J connectivity index is 1.62. The summed E-state index contributed by atoms with van der Waals surface area (Å²) in [6.07, 6.45) is 0.505. The predicted molar refractivity (Wildman–Crippen MR) is 114 cm³/mol. The van der Waals surface area contributed by atoms with Crippen LogP contribution in [0.3, 0.4) is 0 Å². The summed E-state index contributed by atoms with van der Waals surface area (Å²) in [5.74, 6) is 1.41. The lowest BCUT2D eigenvalue weighted by Gasteiger charge is -2.09. The number of sulfonamides is 1. The number of carbonyl (C=O) groups excluding carboxylic acids is 1. The van der Waals surface area contributed by atoms with Crippen LogP contribution in [0.4, 0.5) is 5.69 Å². The van der Waals surface area contributed by atoms with Crippen LogP contribution in [-0.4, -0.2) is 42.4 Å². The number of methoxy groups -OCH3 is 1. The zero-order valence-electron chi connectivity index (χ0n) is 16.7. The fourth-order valence-corrected chi connectivity index (χ4v) is 3.86. The van der Waals surface area contributed by atoms with E-state index < -0.39 is 10.0 Å². The molecule has 3 N–H and O–H groups in total. The molecule has 3 rings (SSSR count). The number of amides is 1. The van der Waals surface area contributed by atoms with Crippen molar-refractivity contribution < 1.29 is 17.9 Å². The Hall–Kier alpha value is -3.40. The van der Waals surface area contributed by atoms with Crippen LogP contribution >= 0.6 is 0 Å². The Kier molecular flexibility index (Phi) is 6.68. The lowest BCUT2D eigenvalue weighted by atomic mass is 10.2. The Morgan fingerprint density at radius 2 is 1.93 bits per heavy atom. The summed E-state index contributed by atoms with van der Waals surface area (Å²) < 4.78 is 31.4. The van der Waals surface area contributed by atoms with Crippen molar-refractivity contribution in [1.29, 1.82) is 0 Å². The molecular weight excluding hydrogens is 406 g/mol. The normalized spacial score (nSPS) is 11.1. The van der Waals surface area contributed by atoms with Crippen molar-refractivity contribution in [3.8, 4) is 17.1 Å². The molecule has 0 bridgehead atoms. The van der Waals surface area contributed by atoms with Crippen molar-refractivity contribution in [3.63, 3.8) is 0 Å². The number of H-pyrrole nitrogens is 1. The molecule has 0 atom stereocenters. The third-order valence-corrected chi connectivity index (χ3v) is 5.66. The molecule has 1 aromatic heterocycles. The van der Waals surface area contributed by atoms with Crippen molar-refractivity contribution in [2.45, 2.75) is 19.9 Å². The van der Waals surface area contributed by atoms with Gasteiger partial charge < -0.3 is 10.1 Å². The minimum atomic E-state index is -3.42. The van der Waals surface area contributed by atoms with Crippen LogP contribution in [0.1, 0.15) is 29.5 Å². The highest BCUT2D eigenvalue weighted by Crippen LogP contribution is 2.19. The number of hydrogen-bond acceptors (Lipinski definition) is 6. The van der Waals surface area contributed by atoms with Gasteiger partial charge in [-0.2, -0.15) is 5.10 Å². The number of nitrogens with one attached hydrogen (secondary N) is 3. The zero-order chi connectivity index (χ0) is 21.6. The first kappa shape index (κ1) is 21.3. The second-order valence-corrected chi connectivity index (χ2v) is 8.36. The van der Waals surface area contributed by atoms with Gasteiger partial charge in [0.1, 0.15) is 11.6 Å². The van der Waals surface area contributed by atoms with Crippen LogP contribution in [0.5, 0.6) is 5.75 Å². The van der Waals surface area contributed by atoms with Crippen LogP contribution in [0.15, 0.2) is 48.5 Å². The lowest BCUT2D eigenvalue weighted by Crippen LogP contribution is -2.23. The van der Waals surface area contributed by atoms with Gasteiger partial charge in [-0.1, -0.05) is 13.0 Å². The van der Waals surface area contributed by atoms with Crippen LogP contribution < -0.4 is 14.8 Å². The van der Waals surface area contributed by atoms with Gasteiger partial charge in [-0.05, 0) is 48.9 Å². The van der Waals surface area contributed by atoms with Crippen molar-refractivity contribution >= 4 is 21.6 Å². The molecule has 0 aliphatic carbocycles. The average molecular weight is 430 g/mol. The summed E-state index contributed by atoms with van der Waals surface area (Å²) >= 11 is 0. The van der Waals surface area contributed by atoms with Crippen molar-refractivity contribution in [2.75, 3.05) is 17.6 Å². The summed E-state index contributed by atoms with van der Waals surface area (Å²) in [5, 5.41) is 9.70. The molecule has 0 aliphatic rings. The number of nitrogens with zero attached hydrogens (tertiary/aromatic N) is 2. The van der Waals surface area contributed by atoms with Gasteiger partial charge in [0, 0.05) is 16.8 Å². The summed E-state index contributed by atoms with van der Waals surface area (Å²) in [4.78, 5) is 16.8. The molecule has 2 aromatic carbocycles. The molecule has 0 spiro atoms. The molecule has 1 amide bonds. The summed E-state index contributed by atoms with van der Waals surface area (Å²) in [6, 6.07) is 13.6. The van der Waals surface area contributed by atoms with Crippen LogP contribution in [0.2, 0.25) is 0 Å². The third-order valence-electron chi connectivity index (χ3n) is 4.17. The molecule has 0 fully saturated rings. The first-order valence-corrected chi connectivity index (χ1v) is 11.0. The Labute approximate surface area is 174 Å².